The fourth-order valence-corrected chi connectivity index (χ4v) is 4.82. The van der Waals surface area contributed by atoms with E-state index in [-0.39, 0.29) is 18.0 Å². The monoisotopic (exact) mass is 439 g/mol. The standard InChI is InChI=1S/C23H29N5O2S/c1-17-4-5-18(2)20(14-17)27-11-9-26(10-12-27)8-3-7-24-21(29)16-28-23(30)22-19(15-25-28)6-13-31-22/h4-6,13-15H,3,7-12,16H2,1-2H3,(H,24,29). The van der Waals surface area contributed by atoms with Crippen molar-refractivity contribution in [1.82, 2.24) is 20.0 Å². The fourth-order valence-electron chi connectivity index (χ4n) is 4.00. The molecule has 1 N–H and O–H groups in total. The number of piperazine rings is 1. The summed E-state index contributed by atoms with van der Waals surface area (Å²) in [6.45, 7) is 9.94. The number of aromatic nitrogens is 2. The van der Waals surface area contributed by atoms with Crippen LogP contribution in [-0.2, 0) is 11.3 Å². The van der Waals surface area contributed by atoms with Crippen molar-refractivity contribution in [1.29, 1.82) is 0 Å². The molecule has 2 aromatic heterocycles. The van der Waals surface area contributed by atoms with Crippen molar-refractivity contribution in [3.8, 4) is 0 Å². The number of aryl methyl sites for hydroxylation is 2. The number of rotatable bonds is 7. The van der Waals surface area contributed by atoms with Gasteiger partial charge >= 0.3 is 0 Å². The van der Waals surface area contributed by atoms with Gasteiger partial charge in [-0.25, -0.2) is 4.68 Å². The molecule has 1 aliphatic rings. The van der Waals surface area contributed by atoms with Crippen LogP contribution in [0.15, 0.2) is 40.6 Å². The van der Waals surface area contributed by atoms with E-state index in [1.165, 1.54) is 32.8 Å². The molecule has 1 aliphatic heterocycles. The second-order valence-corrected chi connectivity index (χ2v) is 9.05. The van der Waals surface area contributed by atoms with Crippen LogP contribution in [0.25, 0.3) is 10.1 Å². The van der Waals surface area contributed by atoms with Crippen LogP contribution < -0.4 is 15.8 Å². The minimum Gasteiger partial charge on any atom is -0.369 e. The molecule has 8 heteroatoms. The topological polar surface area (TPSA) is 70.5 Å². The van der Waals surface area contributed by atoms with Crippen molar-refractivity contribution in [2.75, 3.05) is 44.2 Å². The number of fused-ring (bicyclic) bond motifs is 1. The predicted octanol–water partition coefficient (Wildman–Crippen LogP) is 2.40. The van der Waals surface area contributed by atoms with Gasteiger partial charge in [0.2, 0.25) is 5.91 Å². The summed E-state index contributed by atoms with van der Waals surface area (Å²) in [5.41, 5.74) is 3.76. The maximum Gasteiger partial charge on any atom is 0.285 e. The zero-order valence-corrected chi connectivity index (χ0v) is 19.0. The van der Waals surface area contributed by atoms with E-state index in [4.69, 9.17) is 0 Å². The molecule has 0 radical (unpaired) electrons. The minimum atomic E-state index is -0.204. The highest BCUT2D eigenvalue weighted by Crippen LogP contribution is 2.22. The third-order valence-electron chi connectivity index (χ3n) is 5.80. The number of thiophene rings is 1. The summed E-state index contributed by atoms with van der Waals surface area (Å²) < 4.78 is 1.88. The van der Waals surface area contributed by atoms with E-state index in [1.54, 1.807) is 6.20 Å². The highest BCUT2D eigenvalue weighted by Gasteiger charge is 2.18. The van der Waals surface area contributed by atoms with Crippen molar-refractivity contribution >= 4 is 33.0 Å². The van der Waals surface area contributed by atoms with Crippen molar-refractivity contribution < 1.29 is 4.79 Å². The number of benzene rings is 1. The molecule has 0 spiro atoms. The maximum atomic E-state index is 12.4. The summed E-state index contributed by atoms with van der Waals surface area (Å²) in [4.78, 5) is 29.5. The molecule has 0 unspecified atom stereocenters. The summed E-state index contributed by atoms with van der Waals surface area (Å²) >= 11 is 1.38. The summed E-state index contributed by atoms with van der Waals surface area (Å²) in [5, 5.41) is 9.70. The average molecular weight is 440 g/mol. The second-order valence-electron chi connectivity index (χ2n) is 8.13. The summed E-state index contributed by atoms with van der Waals surface area (Å²) in [6, 6.07) is 8.50. The van der Waals surface area contributed by atoms with Gasteiger partial charge in [-0.2, -0.15) is 5.10 Å². The van der Waals surface area contributed by atoms with Gasteiger partial charge in [-0.05, 0) is 55.5 Å². The third kappa shape index (κ3) is 5.14. The van der Waals surface area contributed by atoms with Gasteiger partial charge in [-0.3, -0.25) is 14.5 Å². The van der Waals surface area contributed by atoms with Gasteiger partial charge < -0.3 is 10.2 Å². The number of carbonyl (C=O) groups is 1. The van der Waals surface area contributed by atoms with Crippen LogP contribution in [0, 0.1) is 13.8 Å². The number of hydrogen-bond donors (Lipinski definition) is 1. The molecule has 1 saturated heterocycles. The Morgan fingerprint density at radius 3 is 2.77 bits per heavy atom. The van der Waals surface area contributed by atoms with Crippen LogP contribution in [0.4, 0.5) is 5.69 Å². The molecule has 164 valence electrons. The van der Waals surface area contributed by atoms with Crippen LogP contribution in [0.1, 0.15) is 17.5 Å². The molecule has 4 rings (SSSR count). The van der Waals surface area contributed by atoms with E-state index >= 15 is 0 Å². The lowest BCUT2D eigenvalue weighted by Gasteiger charge is -2.37. The van der Waals surface area contributed by atoms with E-state index in [2.05, 4.69) is 52.3 Å². The quantitative estimate of drug-likeness (QED) is 0.573. The molecule has 7 nitrogen and oxygen atoms in total. The Hall–Kier alpha value is -2.71. The first-order valence-corrected chi connectivity index (χ1v) is 11.6. The van der Waals surface area contributed by atoms with Gasteiger partial charge in [0.05, 0.1) is 6.20 Å². The van der Waals surface area contributed by atoms with E-state index in [0.717, 1.165) is 44.5 Å². The zero-order chi connectivity index (χ0) is 21.8. The van der Waals surface area contributed by atoms with Crippen LogP contribution in [0.3, 0.4) is 0 Å². The number of nitrogens with one attached hydrogen (secondary N) is 1. The number of hydrogen-bond acceptors (Lipinski definition) is 6. The van der Waals surface area contributed by atoms with Gasteiger partial charge in [0.15, 0.2) is 0 Å². The van der Waals surface area contributed by atoms with Crippen molar-refractivity contribution in [3.63, 3.8) is 0 Å². The Kier molecular flexibility index (Phi) is 6.67. The number of carbonyl (C=O) groups excluding carboxylic acids is 1. The SMILES string of the molecule is Cc1ccc(C)c(N2CCN(CCCNC(=O)Cn3ncc4ccsc4c3=O)CC2)c1. The molecule has 3 heterocycles. The Morgan fingerprint density at radius 2 is 1.97 bits per heavy atom. The summed E-state index contributed by atoms with van der Waals surface area (Å²) in [5.74, 6) is -0.176. The van der Waals surface area contributed by atoms with Crippen LogP contribution in [0.5, 0.6) is 0 Å². The first-order valence-electron chi connectivity index (χ1n) is 10.8. The normalized spacial score (nSPS) is 14.8. The third-order valence-corrected chi connectivity index (χ3v) is 6.72. The lowest BCUT2D eigenvalue weighted by atomic mass is 10.1. The fraction of sp³-hybridized carbons (Fsp3) is 0.435. The lowest BCUT2D eigenvalue weighted by molar-refractivity contribution is -0.121. The van der Waals surface area contributed by atoms with Gasteiger partial charge in [0.1, 0.15) is 11.2 Å². The molecule has 0 saturated carbocycles. The lowest BCUT2D eigenvalue weighted by Crippen LogP contribution is -2.47. The molecule has 0 atom stereocenters. The molecule has 1 aromatic carbocycles. The molecule has 31 heavy (non-hydrogen) atoms. The molecule has 0 aliphatic carbocycles. The van der Waals surface area contributed by atoms with E-state index < -0.39 is 0 Å². The first kappa shape index (κ1) is 21.5. The zero-order valence-electron chi connectivity index (χ0n) is 18.1. The second kappa shape index (κ2) is 9.62. The smallest absolute Gasteiger partial charge is 0.285 e. The average Bonchev–Trinajstić information content (AvgIpc) is 3.25. The Labute approximate surface area is 186 Å². The largest absolute Gasteiger partial charge is 0.369 e. The van der Waals surface area contributed by atoms with Crippen LogP contribution in [0.2, 0.25) is 0 Å². The minimum absolute atomic E-state index is 0.0405. The highest BCUT2D eigenvalue weighted by molar-refractivity contribution is 7.17. The molecule has 3 aromatic rings. The Morgan fingerprint density at radius 1 is 1.16 bits per heavy atom. The van der Waals surface area contributed by atoms with E-state index in [0.29, 0.717) is 11.2 Å². The molecule has 1 fully saturated rings. The van der Waals surface area contributed by atoms with E-state index in [1.807, 2.05) is 11.4 Å². The summed E-state index contributed by atoms with van der Waals surface area (Å²) in [7, 11) is 0. The first-order chi connectivity index (χ1) is 15.0. The number of anilines is 1. The molecular formula is C23H29N5O2S. The molecule has 0 bridgehead atoms. The Balaban J connectivity index is 1.18. The maximum absolute atomic E-state index is 12.4. The number of amides is 1. The number of nitrogens with zero attached hydrogens (tertiary/aromatic N) is 4. The highest BCUT2D eigenvalue weighted by atomic mass is 32.1. The van der Waals surface area contributed by atoms with Gasteiger partial charge in [0.25, 0.3) is 5.56 Å². The van der Waals surface area contributed by atoms with Crippen molar-refractivity contribution in [2.45, 2.75) is 26.8 Å². The Bertz CT molecular complexity index is 1110. The van der Waals surface area contributed by atoms with E-state index in [9.17, 15) is 9.59 Å². The molecule has 1 amide bonds. The summed E-state index contributed by atoms with van der Waals surface area (Å²) in [6.07, 6.45) is 2.53. The van der Waals surface area contributed by atoms with Crippen LogP contribution in [-0.4, -0.2) is 59.9 Å². The van der Waals surface area contributed by atoms with Crippen molar-refractivity contribution in [2.24, 2.45) is 0 Å². The van der Waals surface area contributed by atoms with Crippen molar-refractivity contribution in [3.05, 3.63) is 57.3 Å². The van der Waals surface area contributed by atoms with Gasteiger partial charge in [0, 0.05) is 43.8 Å². The molecular weight excluding hydrogens is 410 g/mol. The van der Waals surface area contributed by atoms with Gasteiger partial charge in [-0.15, -0.1) is 11.3 Å². The van der Waals surface area contributed by atoms with Crippen LogP contribution >= 0.6 is 11.3 Å². The van der Waals surface area contributed by atoms with Gasteiger partial charge in [-0.1, -0.05) is 12.1 Å². The predicted molar refractivity (Wildman–Crippen MR) is 126 cm³/mol.